The van der Waals surface area contributed by atoms with Crippen LogP contribution in [0.5, 0.6) is 0 Å². The van der Waals surface area contributed by atoms with Gasteiger partial charge in [0.25, 0.3) is 0 Å². The Labute approximate surface area is 90.5 Å². The van der Waals surface area contributed by atoms with Crippen molar-refractivity contribution in [3.8, 4) is 0 Å². The molecule has 4 nitrogen and oxygen atoms in total. The number of methoxy groups -OCH3 is 1. The number of likely N-dealkylation sites (tertiary alicyclic amines) is 1. The largest absolute Gasteiger partial charge is 0.478 e. The molecule has 1 saturated heterocycles. The average Bonchev–Trinajstić information content (AvgIpc) is 2.26. The number of carboxylic acids is 1. The maximum atomic E-state index is 10.6. The number of aliphatic carboxylic acids is 1. The second-order valence-corrected chi connectivity index (χ2v) is 3.95. The van der Waals surface area contributed by atoms with Gasteiger partial charge in [-0.3, -0.25) is 4.90 Å². The van der Waals surface area contributed by atoms with E-state index in [4.69, 9.17) is 9.84 Å². The molecule has 1 aliphatic rings. The Bertz CT molecular complexity index is 250. The zero-order chi connectivity index (χ0) is 11.3. The van der Waals surface area contributed by atoms with Crippen LogP contribution in [0.3, 0.4) is 0 Å². The van der Waals surface area contributed by atoms with Gasteiger partial charge < -0.3 is 9.84 Å². The number of rotatable bonds is 4. The fraction of sp³-hybridized carbons (Fsp3) is 0.727. The van der Waals surface area contributed by atoms with E-state index in [9.17, 15) is 4.79 Å². The first-order chi connectivity index (χ1) is 7.13. The minimum atomic E-state index is -0.838. The molecule has 0 saturated carbocycles. The van der Waals surface area contributed by atoms with Gasteiger partial charge in [-0.2, -0.15) is 0 Å². The van der Waals surface area contributed by atoms with Gasteiger partial charge in [0.15, 0.2) is 0 Å². The molecule has 1 unspecified atom stereocenters. The highest BCUT2D eigenvalue weighted by Gasteiger charge is 2.18. The molecule has 0 aliphatic carbocycles. The molecule has 0 aromatic heterocycles. The molecule has 0 amide bonds. The van der Waals surface area contributed by atoms with E-state index < -0.39 is 5.97 Å². The van der Waals surface area contributed by atoms with E-state index in [1.165, 1.54) is 0 Å². The van der Waals surface area contributed by atoms with Gasteiger partial charge in [-0.05, 0) is 26.3 Å². The molecule has 1 rings (SSSR count). The number of nitrogens with zero attached hydrogens (tertiary/aromatic N) is 1. The van der Waals surface area contributed by atoms with Crippen molar-refractivity contribution in [2.45, 2.75) is 25.9 Å². The van der Waals surface area contributed by atoms with Crippen LogP contribution in [-0.4, -0.2) is 48.8 Å². The average molecular weight is 213 g/mol. The minimum absolute atomic E-state index is 0.303. The number of piperidine rings is 1. The standard InChI is InChI=1S/C11H19NO3/c1-9(11(13)14)5-7-12-6-3-4-10(8-12)15-2/h5,10H,3-4,6-8H2,1-2H3,(H,13,14). The molecule has 0 spiro atoms. The molecule has 1 N–H and O–H groups in total. The highest BCUT2D eigenvalue weighted by atomic mass is 16.5. The zero-order valence-corrected chi connectivity index (χ0v) is 9.40. The van der Waals surface area contributed by atoms with Gasteiger partial charge in [-0.25, -0.2) is 4.79 Å². The molecule has 0 bridgehead atoms. The Morgan fingerprint density at radius 2 is 2.40 bits per heavy atom. The van der Waals surface area contributed by atoms with Crippen molar-refractivity contribution in [2.75, 3.05) is 26.7 Å². The summed E-state index contributed by atoms with van der Waals surface area (Å²) in [6, 6.07) is 0. The van der Waals surface area contributed by atoms with Crippen molar-refractivity contribution in [1.82, 2.24) is 4.90 Å². The fourth-order valence-electron chi connectivity index (χ4n) is 1.72. The van der Waals surface area contributed by atoms with Gasteiger partial charge in [0.2, 0.25) is 0 Å². The fourth-order valence-corrected chi connectivity index (χ4v) is 1.72. The predicted molar refractivity (Wildman–Crippen MR) is 57.9 cm³/mol. The van der Waals surface area contributed by atoms with Crippen LogP contribution in [0.2, 0.25) is 0 Å². The van der Waals surface area contributed by atoms with Crippen LogP contribution >= 0.6 is 0 Å². The summed E-state index contributed by atoms with van der Waals surface area (Å²) in [6.45, 7) is 4.27. The Morgan fingerprint density at radius 3 is 3.00 bits per heavy atom. The summed E-state index contributed by atoms with van der Waals surface area (Å²) in [4.78, 5) is 12.8. The molecular formula is C11H19NO3. The van der Waals surface area contributed by atoms with Gasteiger partial charge in [0.05, 0.1) is 6.10 Å². The minimum Gasteiger partial charge on any atom is -0.478 e. The second kappa shape index (κ2) is 5.88. The predicted octanol–water partition coefficient (Wildman–Crippen LogP) is 1.13. The number of carbonyl (C=O) groups is 1. The Hall–Kier alpha value is -0.870. The lowest BCUT2D eigenvalue weighted by Crippen LogP contribution is -2.39. The number of hydrogen-bond donors (Lipinski definition) is 1. The summed E-state index contributed by atoms with van der Waals surface area (Å²) in [7, 11) is 1.73. The van der Waals surface area contributed by atoms with E-state index in [-0.39, 0.29) is 0 Å². The quantitative estimate of drug-likeness (QED) is 0.711. The first-order valence-corrected chi connectivity index (χ1v) is 5.28. The third kappa shape index (κ3) is 4.01. The highest BCUT2D eigenvalue weighted by molar-refractivity contribution is 5.85. The van der Waals surface area contributed by atoms with Crippen LogP contribution in [0.15, 0.2) is 11.6 Å². The number of carboxylic acid groups (broad SMARTS) is 1. The van der Waals surface area contributed by atoms with Gasteiger partial charge in [0.1, 0.15) is 0 Å². The summed E-state index contributed by atoms with van der Waals surface area (Å²) in [5, 5.41) is 8.70. The van der Waals surface area contributed by atoms with Crippen molar-refractivity contribution in [3.63, 3.8) is 0 Å². The SMILES string of the molecule is COC1CCCN(CC=C(C)C(=O)O)C1. The van der Waals surface area contributed by atoms with Crippen LogP contribution < -0.4 is 0 Å². The Morgan fingerprint density at radius 1 is 1.67 bits per heavy atom. The summed E-state index contributed by atoms with van der Waals surface area (Å²) < 4.78 is 5.30. The maximum absolute atomic E-state index is 10.6. The molecular weight excluding hydrogens is 194 g/mol. The topological polar surface area (TPSA) is 49.8 Å². The van der Waals surface area contributed by atoms with Crippen molar-refractivity contribution in [3.05, 3.63) is 11.6 Å². The second-order valence-electron chi connectivity index (χ2n) is 3.95. The Kier molecular flexibility index (Phi) is 4.78. The summed E-state index contributed by atoms with van der Waals surface area (Å²) in [5.74, 6) is -0.838. The summed E-state index contributed by atoms with van der Waals surface area (Å²) in [5.41, 5.74) is 0.412. The molecule has 86 valence electrons. The van der Waals surface area contributed by atoms with Crippen LogP contribution in [0.4, 0.5) is 0 Å². The molecule has 1 atom stereocenters. The lowest BCUT2D eigenvalue weighted by molar-refractivity contribution is -0.132. The molecule has 1 heterocycles. The third-order valence-electron chi connectivity index (χ3n) is 2.79. The molecule has 4 heteroatoms. The lowest BCUT2D eigenvalue weighted by Gasteiger charge is -2.31. The van der Waals surface area contributed by atoms with E-state index in [0.29, 0.717) is 18.2 Å². The molecule has 0 aromatic carbocycles. The van der Waals surface area contributed by atoms with Gasteiger partial charge in [-0.1, -0.05) is 6.08 Å². The van der Waals surface area contributed by atoms with Crippen molar-refractivity contribution >= 4 is 5.97 Å². The molecule has 15 heavy (non-hydrogen) atoms. The van der Waals surface area contributed by atoms with Crippen LogP contribution in [-0.2, 0) is 9.53 Å². The zero-order valence-electron chi connectivity index (χ0n) is 9.40. The van der Waals surface area contributed by atoms with Crippen molar-refractivity contribution < 1.29 is 14.6 Å². The van der Waals surface area contributed by atoms with Gasteiger partial charge in [-0.15, -0.1) is 0 Å². The van der Waals surface area contributed by atoms with E-state index in [1.807, 2.05) is 0 Å². The molecule has 1 fully saturated rings. The first-order valence-electron chi connectivity index (χ1n) is 5.28. The summed E-state index contributed by atoms with van der Waals surface area (Å²) >= 11 is 0. The monoisotopic (exact) mass is 213 g/mol. The first kappa shape index (κ1) is 12.2. The molecule has 0 radical (unpaired) electrons. The summed E-state index contributed by atoms with van der Waals surface area (Å²) in [6.07, 6.45) is 4.30. The van der Waals surface area contributed by atoms with Crippen molar-refractivity contribution in [1.29, 1.82) is 0 Å². The third-order valence-corrected chi connectivity index (χ3v) is 2.79. The van der Waals surface area contributed by atoms with Crippen molar-refractivity contribution in [2.24, 2.45) is 0 Å². The van der Waals surface area contributed by atoms with E-state index in [0.717, 1.165) is 25.9 Å². The van der Waals surface area contributed by atoms with Gasteiger partial charge >= 0.3 is 5.97 Å². The molecule has 1 aliphatic heterocycles. The molecule has 0 aromatic rings. The van der Waals surface area contributed by atoms with E-state index >= 15 is 0 Å². The van der Waals surface area contributed by atoms with E-state index in [1.54, 1.807) is 20.1 Å². The van der Waals surface area contributed by atoms with Crippen LogP contribution in [0, 0.1) is 0 Å². The smallest absolute Gasteiger partial charge is 0.330 e. The number of ether oxygens (including phenoxy) is 1. The lowest BCUT2D eigenvalue weighted by atomic mass is 10.1. The van der Waals surface area contributed by atoms with Crippen LogP contribution in [0.1, 0.15) is 19.8 Å². The Balaban J connectivity index is 2.38. The normalized spacial score (nSPS) is 24.1. The van der Waals surface area contributed by atoms with Crippen LogP contribution in [0.25, 0.3) is 0 Å². The number of hydrogen-bond acceptors (Lipinski definition) is 3. The highest BCUT2D eigenvalue weighted by Crippen LogP contribution is 2.12. The van der Waals surface area contributed by atoms with Gasteiger partial charge in [0, 0.05) is 25.8 Å². The maximum Gasteiger partial charge on any atom is 0.330 e. The van der Waals surface area contributed by atoms with E-state index in [2.05, 4.69) is 4.90 Å².